The fourth-order valence-electron chi connectivity index (χ4n) is 0.384. The molecule has 0 aromatic heterocycles. The van der Waals surface area contributed by atoms with Crippen LogP contribution in [0.15, 0.2) is 37.0 Å². The SMILES string of the molecule is C=CC=CC(=C)C(C)C. The Balaban J connectivity index is 3.76. The Kier molecular flexibility index (Phi) is 3.78. The summed E-state index contributed by atoms with van der Waals surface area (Å²) in [5.41, 5.74) is 1.15. The third-order valence-corrected chi connectivity index (χ3v) is 1.19. The molecule has 0 bridgehead atoms. The van der Waals surface area contributed by atoms with Gasteiger partial charge < -0.3 is 0 Å². The molecule has 0 heterocycles. The summed E-state index contributed by atoms with van der Waals surface area (Å²) in [5.74, 6) is 0.543. The van der Waals surface area contributed by atoms with Crippen molar-refractivity contribution in [3.63, 3.8) is 0 Å². The van der Waals surface area contributed by atoms with E-state index in [2.05, 4.69) is 27.0 Å². The van der Waals surface area contributed by atoms with E-state index in [0.29, 0.717) is 5.92 Å². The van der Waals surface area contributed by atoms with Crippen molar-refractivity contribution in [2.24, 2.45) is 5.92 Å². The lowest BCUT2D eigenvalue weighted by molar-refractivity contribution is 0.795. The van der Waals surface area contributed by atoms with Gasteiger partial charge in [-0.3, -0.25) is 0 Å². The van der Waals surface area contributed by atoms with Crippen LogP contribution in [0.5, 0.6) is 0 Å². The molecule has 0 amide bonds. The summed E-state index contributed by atoms with van der Waals surface area (Å²) in [6.07, 6.45) is 5.65. The van der Waals surface area contributed by atoms with Crippen LogP contribution in [0.25, 0.3) is 0 Å². The van der Waals surface area contributed by atoms with Gasteiger partial charge in [0.05, 0.1) is 0 Å². The third-order valence-electron chi connectivity index (χ3n) is 1.19. The predicted molar refractivity (Wildman–Crippen MR) is 43.3 cm³/mol. The van der Waals surface area contributed by atoms with E-state index in [-0.39, 0.29) is 0 Å². The van der Waals surface area contributed by atoms with E-state index in [1.165, 1.54) is 0 Å². The van der Waals surface area contributed by atoms with Crippen LogP contribution in [0.1, 0.15) is 13.8 Å². The molecule has 0 heteroatoms. The highest BCUT2D eigenvalue weighted by atomic mass is 14.0. The molecule has 0 saturated heterocycles. The smallest absolute Gasteiger partial charge is 0.0225 e. The molecule has 0 aliphatic heterocycles. The molecule has 0 rings (SSSR count). The average Bonchev–Trinajstić information content (AvgIpc) is 1.82. The van der Waals surface area contributed by atoms with E-state index < -0.39 is 0 Å². The summed E-state index contributed by atoms with van der Waals surface area (Å²) in [6, 6.07) is 0. The molecular formula is C9H14. The molecule has 0 N–H and O–H groups in total. The molecule has 0 saturated carbocycles. The van der Waals surface area contributed by atoms with Crippen LogP contribution < -0.4 is 0 Å². The summed E-state index contributed by atoms with van der Waals surface area (Å²) in [4.78, 5) is 0. The minimum atomic E-state index is 0.543. The van der Waals surface area contributed by atoms with Crippen LogP contribution in [0, 0.1) is 5.92 Å². The van der Waals surface area contributed by atoms with Gasteiger partial charge in [-0.15, -0.1) is 0 Å². The van der Waals surface area contributed by atoms with Crippen molar-refractivity contribution in [2.75, 3.05) is 0 Å². The Morgan fingerprint density at radius 1 is 1.44 bits per heavy atom. The van der Waals surface area contributed by atoms with Crippen LogP contribution in [0.4, 0.5) is 0 Å². The maximum atomic E-state index is 3.86. The quantitative estimate of drug-likeness (QED) is 0.505. The van der Waals surface area contributed by atoms with Crippen molar-refractivity contribution in [3.8, 4) is 0 Å². The lowest BCUT2D eigenvalue weighted by Crippen LogP contribution is -1.86. The van der Waals surface area contributed by atoms with Crippen molar-refractivity contribution in [1.29, 1.82) is 0 Å². The maximum absolute atomic E-state index is 3.86. The van der Waals surface area contributed by atoms with Gasteiger partial charge in [0, 0.05) is 0 Å². The van der Waals surface area contributed by atoms with E-state index >= 15 is 0 Å². The van der Waals surface area contributed by atoms with E-state index in [0.717, 1.165) is 5.57 Å². The Hall–Kier alpha value is -0.780. The van der Waals surface area contributed by atoms with Crippen LogP contribution in [0.3, 0.4) is 0 Å². The molecule has 0 unspecified atom stereocenters. The van der Waals surface area contributed by atoms with E-state index in [1.807, 2.05) is 12.2 Å². The van der Waals surface area contributed by atoms with Crippen LogP contribution in [-0.4, -0.2) is 0 Å². The first-order chi connectivity index (χ1) is 4.18. The monoisotopic (exact) mass is 122 g/mol. The molecule has 0 aliphatic carbocycles. The lowest BCUT2D eigenvalue weighted by Gasteiger charge is -2.00. The van der Waals surface area contributed by atoms with E-state index in [4.69, 9.17) is 0 Å². The highest BCUT2D eigenvalue weighted by molar-refractivity contribution is 5.19. The minimum Gasteiger partial charge on any atom is -0.0991 e. The van der Waals surface area contributed by atoms with Gasteiger partial charge in [0.2, 0.25) is 0 Å². The zero-order chi connectivity index (χ0) is 7.28. The molecule has 0 aromatic carbocycles. The Morgan fingerprint density at radius 3 is 2.33 bits per heavy atom. The second-order valence-electron chi connectivity index (χ2n) is 2.32. The lowest BCUT2D eigenvalue weighted by atomic mass is 10.1. The number of rotatable bonds is 3. The molecule has 0 spiro atoms. The van der Waals surface area contributed by atoms with Crippen molar-refractivity contribution in [2.45, 2.75) is 13.8 Å². The molecule has 0 nitrogen and oxygen atoms in total. The minimum absolute atomic E-state index is 0.543. The molecule has 0 fully saturated rings. The zero-order valence-electron chi connectivity index (χ0n) is 6.22. The first kappa shape index (κ1) is 8.22. The number of allylic oxidation sites excluding steroid dienone is 4. The van der Waals surface area contributed by atoms with Crippen LogP contribution in [-0.2, 0) is 0 Å². The molecule has 0 aliphatic rings. The third kappa shape index (κ3) is 3.77. The number of hydrogen-bond acceptors (Lipinski definition) is 0. The van der Waals surface area contributed by atoms with Gasteiger partial charge in [-0.1, -0.05) is 50.8 Å². The average molecular weight is 122 g/mol. The Labute approximate surface area is 57.6 Å². The van der Waals surface area contributed by atoms with Gasteiger partial charge >= 0.3 is 0 Å². The van der Waals surface area contributed by atoms with Gasteiger partial charge in [0.1, 0.15) is 0 Å². The largest absolute Gasteiger partial charge is 0.0991 e. The van der Waals surface area contributed by atoms with Crippen molar-refractivity contribution < 1.29 is 0 Å². The maximum Gasteiger partial charge on any atom is -0.0225 e. The van der Waals surface area contributed by atoms with Crippen molar-refractivity contribution in [1.82, 2.24) is 0 Å². The summed E-state index contributed by atoms with van der Waals surface area (Å²) in [7, 11) is 0. The molecular weight excluding hydrogens is 108 g/mol. The summed E-state index contributed by atoms with van der Waals surface area (Å²) in [5, 5.41) is 0. The number of hydrogen-bond donors (Lipinski definition) is 0. The molecule has 0 aromatic rings. The topological polar surface area (TPSA) is 0 Å². The van der Waals surface area contributed by atoms with Crippen LogP contribution >= 0.6 is 0 Å². The van der Waals surface area contributed by atoms with Gasteiger partial charge in [0.15, 0.2) is 0 Å². The second kappa shape index (κ2) is 4.13. The van der Waals surface area contributed by atoms with Crippen molar-refractivity contribution >= 4 is 0 Å². The highest BCUT2D eigenvalue weighted by Gasteiger charge is 1.91. The van der Waals surface area contributed by atoms with Crippen molar-refractivity contribution in [3.05, 3.63) is 37.0 Å². The van der Waals surface area contributed by atoms with Gasteiger partial charge in [-0.25, -0.2) is 0 Å². The molecule has 9 heavy (non-hydrogen) atoms. The first-order valence-electron chi connectivity index (χ1n) is 3.16. The fraction of sp³-hybridized carbons (Fsp3) is 0.333. The second-order valence-corrected chi connectivity index (χ2v) is 2.32. The molecule has 0 radical (unpaired) electrons. The first-order valence-corrected chi connectivity index (χ1v) is 3.16. The van der Waals surface area contributed by atoms with Gasteiger partial charge in [-0.2, -0.15) is 0 Å². The summed E-state index contributed by atoms with van der Waals surface area (Å²) >= 11 is 0. The van der Waals surface area contributed by atoms with Gasteiger partial charge in [0.25, 0.3) is 0 Å². The van der Waals surface area contributed by atoms with Crippen LogP contribution in [0.2, 0.25) is 0 Å². The predicted octanol–water partition coefficient (Wildman–Crippen LogP) is 2.94. The van der Waals surface area contributed by atoms with Gasteiger partial charge in [-0.05, 0) is 5.92 Å². The highest BCUT2D eigenvalue weighted by Crippen LogP contribution is 2.06. The summed E-state index contributed by atoms with van der Waals surface area (Å²) < 4.78 is 0. The van der Waals surface area contributed by atoms with E-state index in [1.54, 1.807) is 6.08 Å². The zero-order valence-corrected chi connectivity index (χ0v) is 6.22. The van der Waals surface area contributed by atoms with E-state index in [9.17, 15) is 0 Å². The normalized spacial score (nSPS) is 10.6. The Morgan fingerprint density at radius 2 is 2.00 bits per heavy atom. The molecule has 50 valence electrons. The fourth-order valence-corrected chi connectivity index (χ4v) is 0.384. The standard InChI is InChI=1S/C9H14/c1-5-6-7-9(4)8(2)3/h5-8H,1,4H2,2-3H3. The molecule has 0 atom stereocenters. The summed E-state index contributed by atoms with van der Waals surface area (Å²) in [6.45, 7) is 11.7. The Bertz CT molecular complexity index is 127.